The third-order valence-corrected chi connectivity index (χ3v) is 3.90. The summed E-state index contributed by atoms with van der Waals surface area (Å²) in [7, 11) is 0. The molecule has 0 aliphatic carbocycles. The van der Waals surface area contributed by atoms with E-state index in [0.29, 0.717) is 5.56 Å². The maximum atomic E-state index is 13.3. The Balaban J connectivity index is 2.04. The van der Waals surface area contributed by atoms with E-state index >= 15 is 0 Å². The lowest BCUT2D eigenvalue weighted by Gasteiger charge is -2.24. The predicted molar refractivity (Wildman–Crippen MR) is 90.5 cm³/mol. The van der Waals surface area contributed by atoms with Crippen molar-refractivity contribution in [3.05, 3.63) is 71.3 Å². The van der Waals surface area contributed by atoms with Crippen LogP contribution >= 0.6 is 0 Å². The van der Waals surface area contributed by atoms with Crippen molar-refractivity contribution in [3.8, 4) is 0 Å². The quantitative estimate of drug-likeness (QED) is 0.817. The normalized spacial score (nSPS) is 13.4. The van der Waals surface area contributed by atoms with Gasteiger partial charge in [0.05, 0.1) is 12.1 Å². The second-order valence-electron chi connectivity index (χ2n) is 6.15. The van der Waals surface area contributed by atoms with Gasteiger partial charge in [-0.3, -0.25) is 0 Å². The van der Waals surface area contributed by atoms with Gasteiger partial charge in [0.15, 0.2) is 11.6 Å². The van der Waals surface area contributed by atoms with Gasteiger partial charge in [0, 0.05) is 0 Å². The minimum Gasteiger partial charge on any atom is -0.332 e. The number of rotatable bonds is 5. The fourth-order valence-electron chi connectivity index (χ4n) is 2.54. The summed E-state index contributed by atoms with van der Waals surface area (Å²) in [6, 6.07) is 12.4. The molecule has 0 bridgehead atoms. The van der Waals surface area contributed by atoms with Gasteiger partial charge in [-0.25, -0.2) is 13.6 Å². The summed E-state index contributed by atoms with van der Waals surface area (Å²) in [5.41, 5.74) is 1.52. The van der Waals surface area contributed by atoms with Crippen LogP contribution in [-0.2, 0) is 0 Å². The van der Waals surface area contributed by atoms with E-state index in [-0.39, 0.29) is 18.0 Å². The highest BCUT2D eigenvalue weighted by molar-refractivity contribution is 5.75. The first-order valence-corrected chi connectivity index (χ1v) is 7.95. The number of nitrogens with one attached hydrogen (secondary N) is 2. The lowest BCUT2D eigenvalue weighted by Crippen LogP contribution is -2.40. The maximum Gasteiger partial charge on any atom is 0.315 e. The number of hydrogen-bond donors (Lipinski definition) is 2. The van der Waals surface area contributed by atoms with Gasteiger partial charge in [-0.1, -0.05) is 50.2 Å². The van der Waals surface area contributed by atoms with Crippen molar-refractivity contribution in [2.45, 2.75) is 32.9 Å². The number of urea groups is 1. The molecule has 5 heteroatoms. The molecule has 0 saturated heterocycles. The van der Waals surface area contributed by atoms with Crippen molar-refractivity contribution in [2.24, 2.45) is 5.92 Å². The molecule has 0 heterocycles. The highest BCUT2D eigenvalue weighted by Gasteiger charge is 2.19. The molecule has 0 saturated carbocycles. The summed E-state index contributed by atoms with van der Waals surface area (Å²) >= 11 is 0. The molecule has 0 radical (unpaired) electrons. The zero-order chi connectivity index (χ0) is 17.7. The Morgan fingerprint density at radius 2 is 1.54 bits per heavy atom. The van der Waals surface area contributed by atoms with Gasteiger partial charge in [0.2, 0.25) is 0 Å². The molecule has 2 unspecified atom stereocenters. The molecule has 2 atom stereocenters. The van der Waals surface area contributed by atoms with Gasteiger partial charge < -0.3 is 10.6 Å². The lowest BCUT2D eigenvalue weighted by molar-refractivity contribution is 0.230. The third kappa shape index (κ3) is 4.54. The molecule has 2 amide bonds. The summed E-state index contributed by atoms with van der Waals surface area (Å²) in [5, 5.41) is 5.70. The van der Waals surface area contributed by atoms with Crippen LogP contribution in [0.25, 0.3) is 0 Å². The molecule has 2 aromatic carbocycles. The average molecular weight is 332 g/mol. The smallest absolute Gasteiger partial charge is 0.315 e. The van der Waals surface area contributed by atoms with E-state index in [1.54, 1.807) is 6.92 Å². The van der Waals surface area contributed by atoms with Crippen LogP contribution < -0.4 is 10.6 Å². The first-order chi connectivity index (χ1) is 11.4. The van der Waals surface area contributed by atoms with Crippen molar-refractivity contribution in [2.75, 3.05) is 0 Å². The number of benzene rings is 2. The van der Waals surface area contributed by atoms with Crippen LogP contribution in [0.15, 0.2) is 48.5 Å². The van der Waals surface area contributed by atoms with Crippen molar-refractivity contribution in [3.63, 3.8) is 0 Å². The van der Waals surface area contributed by atoms with Crippen LogP contribution in [0.2, 0.25) is 0 Å². The van der Waals surface area contributed by atoms with Crippen LogP contribution in [-0.4, -0.2) is 6.03 Å². The molecular formula is C19H22F2N2O. The van der Waals surface area contributed by atoms with Crippen LogP contribution in [0, 0.1) is 17.6 Å². The molecule has 0 fully saturated rings. The number of hydrogen-bond acceptors (Lipinski definition) is 1. The molecule has 2 aromatic rings. The van der Waals surface area contributed by atoms with Gasteiger partial charge in [-0.05, 0) is 36.1 Å². The number of carbonyl (C=O) groups is 1. The van der Waals surface area contributed by atoms with E-state index in [1.165, 1.54) is 6.07 Å². The molecule has 3 nitrogen and oxygen atoms in total. The zero-order valence-corrected chi connectivity index (χ0v) is 14.0. The van der Waals surface area contributed by atoms with Crippen LogP contribution in [0.1, 0.15) is 44.0 Å². The van der Waals surface area contributed by atoms with Crippen LogP contribution in [0.3, 0.4) is 0 Å². The second-order valence-corrected chi connectivity index (χ2v) is 6.15. The first kappa shape index (κ1) is 17.9. The van der Waals surface area contributed by atoms with Crippen LogP contribution in [0.4, 0.5) is 13.6 Å². The van der Waals surface area contributed by atoms with E-state index in [0.717, 1.165) is 17.7 Å². The number of carbonyl (C=O) groups excluding carboxylic acids is 1. The topological polar surface area (TPSA) is 41.1 Å². The zero-order valence-electron chi connectivity index (χ0n) is 14.0. The molecular weight excluding hydrogens is 310 g/mol. The summed E-state index contributed by atoms with van der Waals surface area (Å²) < 4.78 is 26.3. The molecule has 24 heavy (non-hydrogen) atoms. The third-order valence-electron chi connectivity index (χ3n) is 3.90. The molecule has 2 rings (SSSR count). The average Bonchev–Trinajstić information content (AvgIpc) is 2.55. The monoisotopic (exact) mass is 332 g/mol. The van der Waals surface area contributed by atoms with Crippen molar-refractivity contribution < 1.29 is 13.6 Å². The fourth-order valence-corrected chi connectivity index (χ4v) is 2.54. The van der Waals surface area contributed by atoms with Gasteiger partial charge in [0.25, 0.3) is 0 Å². The Hall–Kier alpha value is -2.43. The van der Waals surface area contributed by atoms with E-state index in [1.807, 2.05) is 44.2 Å². The van der Waals surface area contributed by atoms with Crippen molar-refractivity contribution in [1.82, 2.24) is 10.6 Å². The molecule has 0 aromatic heterocycles. The molecule has 0 spiro atoms. The molecule has 128 valence electrons. The number of amides is 2. The van der Waals surface area contributed by atoms with Crippen LogP contribution in [0.5, 0.6) is 0 Å². The Kier molecular flexibility index (Phi) is 5.90. The van der Waals surface area contributed by atoms with E-state index in [4.69, 9.17) is 0 Å². The summed E-state index contributed by atoms with van der Waals surface area (Å²) in [6.45, 7) is 5.77. The standard InChI is InChI=1S/C19H22F2N2O/c1-12(2)18(14-7-5-4-6-8-14)23-19(24)22-13(3)15-9-10-16(20)17(21)11-15/h4-13,18H,1-3H3,(H2,22,23,24). The Labute approximate surface area is 141 Å². The highest BCUT2D eigenvalue weighted by Crippen LogP contribution is 2.21. The second kappa shape index (κ2) is 7.90. The first-order valence-electron chi connectivity index (χ1n) is 7.95. The van der Waals surface area contributed by atoms with E-state index in [2.05, 4.69) is 10.6 Å². The number of halogens is 2. The lowest BCUT2D eigenvalue weighted by atomic mass is 9.96. The Bertz CT molecular complexity index is 689. The van der Waals surface area contributed by atoms with Crippen molar-refractivity contribution >= 4 is 6.03 Å². The van der Waals surface area contributed by atoms with Gasteiger partial charge in [-0.15, -0.1) is 0 Å². The molecule has 0 aliphatic rings. The molecule has 2 N–H and O–H groups in total. The summed E-state index contributed by atoms with van der Waals surface area (Å²) in [4.78, 5) is 12.3. The maximum absolute atomic E-state index is 13.3. The Morgan fingerprint density at radius 1 is 0.875 bits per heavy atom. The Morgan fingerprint density at radius 3 is 2.12 bits per heavy atom. The minimum atomic E-state index is -0.925. The summed E-state index contributed by atoms with van der Waals surface area (Å²) in [6.07, 6.45) is 0. The summed E-state index contributed by atoms with van der Waals surface area (Å²) in [5.74, 6) is -1.62. The SMILES string of the molecule is CC(NC(=O)NC(c1ccccc1)C(C)C)c1ccc(F)c(F)c1. The van der Waals surface area contributed by atoms with Crippen molar-refractivity contribution in [1.29, 1.82) is 0 Å². The highest BCUT2D eigenvalue weighted by atomic mass is 19.2. The largest absolute Gasteiger partial charge is 0.332 e. The van der Waals surface area contributed by atoms with Gasteiger partial charge in [0.1, 0.15) is 0 Å². The van der Waals surface area contributed by atoms with Gasteiger partial charge in [-0.2, -0.15) is 0 Å². The predicted octanol–water partition coefficient (Wildman–Crippen LogP) is 4.72. The minimum absolute atomic E-state index is 0.136. The van der Waals surface area contributed by atoms with Gasteiger partial charge >= 0.3 is 6.03 Å². The van der Waals surface area contributed by atoms with E-state index in [9.17, 15) is 13.6 Å². The molecule has 0 aliphatic heterocycles. The van der Waals surface area contributed by atoms with E-state index < -0.39 is 17.7 Å². The fraction of sp³-hybridized carbons (Fsp3) is 0.316.